The van der Waals surface area contributed by atoms with Crippen molar-refractivity contribution in [2.75, 3.05) is 6.54 Å². The van der Waals surface area contributed by atoms with E-state index in [2.05, 4.69) is 39.4 Å². The smallest absolute Gasteiger partial charge is 0.269 e. The van der Waals surface area contributed by atoms with Gasteiger partial charge in [-0.1, -0.05) is 24.3 Å². The number of hydrogen-bond donors (Lipinski definition) is 3. The highest BCUT2D eigenvalue weighted by Crippen LogP contribution is 2.22. The fourth-order valence-corrected chi connectivity index (χ4v) is 3.21. The maximum absolute atomic E-state index is 11.5. The number of nitrogens with zero attached hydrogens (tertiary/aromatic N) is 2. The molecule has 2 aromatic rings. The van der Waals surface area contributed by atoms with Gasteiger partial charge in [0, 0.05) is 37.3 Å². The highest BCUT2D eigenvalue weighted by atomic mass is 16.3. The van der Waals surface area contributed by atoms with Gasteiger partial charge >= 0.3 is 0 Å². The minimum atomic E-state index is -0.632. The Hall–Kier alpha value is -2.18. The largest absolute Gasteiger partial charge is 0.390 e. The summed E-state index contributed by atoms with van der Waals surface area (Å²) in [6.07, 6.45) is 2.46. The quantitative estimate of drug-likeness (QED) is 0.745. The van der Waals surface area contributed by atoms with E-state index in [0.717, 1.165) is 43.6 Å². The van der Waals surface area contributed by atoms with Gasteiger partial charge in [-0.05, 0) is 37.8 Å². The first kappa shape index (κ1) is 17.6. The number of amides is 1. The molecule has 0 radical (unpaired) electrons. The number of carbonyl (C=O) groups is 1. The molecule has 0 spiro atoms. The molecule has 0 atom stereocenters. The topological polar surface area (TPSA) is 95.2 Å². The average Bonchev–Trinajstić information content (AvgIpc) is 2.97. The molecule has 2 heterocycles. The van der Waals surface area contributed by atoms with Crippen LogP contribution in [0.25, 0.3) is 0 Å². The number of fused-ring (bicyclic) bond motifs is 1. The lowest BCUT2D eigenvalue weighted by atomic mass is 9.98. The van der Waals surface area contributed by atoms with E-state index >= 15 is 0 Å². The molecule has 1 aliphatic rings. The summed E-state index contributed by atoms with van der Waals surface area (Å²) < 4.78 is 0. The molecule has 1 aliphatic heterocycles. The van der Waals surface area contributed by atoms with Gasteiger partial charge in [-0.15, -0.1) is 0 Å². The van der Waals surface area contributed by atoms with Crippen LogP contribution in [0.2, 0.25) is 0 Å². The molecule has 1 aromatic heterocycles. The zero-order valence-corrected chi connectivity index (χ0v) is 14.9. The number of H-pyrrole nitrogens is 1. The Balaban J connectivity index is 1.61. The molecule has 0 aliphatic carbocycles. The van der Waals surface area contributed by atoms with Gasteiger partial charge in [0.2, 0.25) is 0 Å². The standard InChI is InChI=1S/C19H26N4O2/c1-19(2,25)9-7-13-3-5-14(6-4-13)11-23-10-8-16-15(12-23)17(18(20)24)22-21-16/h3-6,25H,7-12H2,1-2H3,(H2,20,24)(H,21,22). The van der Waals surface area contributed by atoms with Crippen LogP contribution < -0.4 is 5.73 Å². The summed E-state index contributed by atoms with van der Waals surface area (Å²) in [7, 11) is 0. The normalized spacial score (nSPS) is 15.2. The van der Waals surface area contributed by atoms with Crippen molar-refractivity contribution >= 4 is 5.91 Å². The van der Waals surface area contributed by atoms with Crippen molar-refractivity contribution in [2.24, 2.45) is 5.73 Å². The predicted molar refractivity (Wildman–Crippen MR) is 96.0 cm³/mol. The number of nitrogens with one attached hydrogen (secondary N) is 1. The summed E-state index contributed by atoms with van der Waals surface area (Å²) in [6.45, 7) is 6.11. The van der Waals surface area contributed by atoms with Crippen LogP contribution in [-0.4, -0.2) is 38.3 Å². The van der Waals surface area contributed by atoms with Gasteiger partial charge < -0.3 is 10.8 Å². The van der Waals surface area contributed by atoms with Gasteiger partial charge in [-0.2, -0.15) is 5.10 Å². The first-order valence-electron chi connectivity index (χ1n) is 8.70. The van der Waals surface area contributed by atoms with Crippen LogP contribution in [-0.2, 0) is 25.9 Å². The van der Waals surface area contributed by atoms with Crippen LogP contribution in [0, 0.1) is 0 Å². The van der Waals surface area contributed by atoms with Crippen molar-refractivity contribution in [2.45, 2.75) is 51.8 Å². The Labute approximate surface area is 148 Å². The zero-order chi connectivity index (χ0) is 18.0. The lowest BCUT2D eigenvalue weighted by molar-refractivity contribution is 0.0714. The number of aliphatic hydroxyl groups is 1. The van der Waals surface area contributed by atoms with Crippen molar-refractivity contribution in [3.63, 3.8) is 0 Å². The lowest BCUT2D eigenvalue weighted by Gasteiger charge is -2.26. The van der Waals surface area contributed by atoms with Gasteiger partial charge in [0.05, 0.1) is 5.60 Å². The molecule has 4 N–H and O–H groups in total. The van der Waals surface area contributed by atoms with Crippen molar-refractivity contribution in [1.82, 2.24) is 15.1 Å². The van der Waals surface area contributed by atoms with Crippen molar-refractivity contribution in [3.05, 3.63) is 52.3 Å². The summed E-state index contributed by atoms with van der Waals surface area (Å²) in [5.41, 5.74) is 9.55. The van der Waals surface area contributed by atoms with Crippen LogP contribution in [0.4, 0.5) is 0 Å². The molecular weight excluding hydrogens is 316 g/mol. The maximum Gasteiger partial charge on any atom is 0.269 e. The van der Waals surface area contributed by atoms with E-state index in [4.69, 9.17) is 5.73 Å². The number of benzene rings is 1. The van der Waals surface area contributed by atoms with Crippen LogP contribution in [0.3, 0.4) is 0 Å². The monoisotopic (exact) mass is 342 g/mol. The van der Waals surface area contributed by atoms with E-state index in [0.29, 0.717) is 12.2 Å². The molecule has 3 rings (SSSR count). The number of hydrogen-bond acceptors (Lipinski definition) is 4. The third-order valence-corrected chi connectivity index (χ3v) is 4.70. The lowest BCUT2D eigenvalue weighted by Crippen LogP contribution is -2.31. The summed E-state index contributed by atoms with van der Waals surface area (Å²) in [4.78, 5) is 13.8. The molecule has 0 saturated carbocycles. The molecule has 6 nitrogen and oxygen atoms in total. The second kappa shape index (κ2) is 6.98. The molecule has 0 bridgehead atoms. The first-order valence-corrected chi connectivity index (χ1v) is 8.70. The highest BCUT2D eigenvalue weighted by Gasteiger charge is 2.24. The Morgan fingerprint density at radius 2 is 2.00 bits per heavy atom. The Kier molecular flexibility index (Phi) is 4.92. The fourth-order valence-electron chi connectivity index (χ4n) is 3.21. The molecular formula is C19H26N4O2. The SMILES string of the molecule is CC(C)(O)CCc1ccc(CN2CCc3[nH]nc(C(N)=O)c3C2)cc1. The molecule has 1 amide bonds. The van der Waals surface area contributed by atoms with Crippen LogP contribution in [0.5, 0.6) is 0 Å². The predicted octanol–water partition coefficient (Wildman–Crippen LogP) is 1.77. The van der Waals surface area contributed by atoms with Gasteiger partial charge in [0.25, 0.3) is 5.91 Å². The maximum atomic E-state index is 11.5. The number of aromatic amines is 1. The average molecular weight is 342 g/mol. The minimum absolute atomic E-state index is 0.363. The van der Waals surface area contributed by atoms with Gasteiger partial charge in [-0.25, -0.2) is 0 Å². The molecule has 6 heteroatoms. The highest BCUT2D eigenvalue weighted by molar-refractivity contribution is 5.92. The molecule has 0 fully saturated rings. The summed E-state index contributed by atoms with van der Waals surface area (Å²) in [5, 5.41) is 16.8. The summed E-state index contributed by atoms with van der Waals surface area (Å²) >= 11 is 0. The zero-order valence-electron chi connectivity index (χ0n) is 14.9. The van der Waals surface area contributed by atoms with E-state index in [1.54, 1.807) is 0 Å². The molecule has 0 saturated heterocycles. The third-order valence-electron chi connectivity index (χ3n) is 4.70. The first-order chi connectivity index (χ1) is 11.8. The molecule has 134 valence electrons. The number of nitrogens with two attached hydrogens (primary N) is 1. The van der Waals surface area contributed by atoms with Gasteiger partial charge in [0.15, 0.2) is 5.69 Å². The van der Waals surface area contributed by atoms with Crippen LogP contribution >= 0.6 is 0 Å². The van der Waals surface area contributed by atoms with Crippen molar-refractivity contribution in [3.8, 4) is 0 Å². The minimum Gasteiger partial charge on any atom is -0.390 e. The molecule has 25 heavy (non-hydrogen) atoms. The van der Waals surface area contributed by atoms with E-state index in [-0.39, 0.29) is 0 Å². The second-order valence-electron chi connectivity index (χ2n) is 7.48. The number of primary amides is 1. The Morgan fingerprint density at radius 1 is 1.32 bits per heavy atom. The Morgan fingerprint density at radius 3 is 2.64 bits per heavy atom. The van der Waals surface area contributed by atoms with E-state index in [9.17, 15) is 9.90 Å². The summed E-state index contributed by atoms with van der Waals surface area (Å²) in [5.74, 6) is -0.476. The number of carbonyl (C=O) groups excluding carboxylic acids is 1. The number of aryl methyl sites for hydroxylation is 1. The number of aromatic nitrogens is 2. The summed E-state index contributed by atoms with van der Waals surface area (Å²) in [6, 6.07) is 8.53. The molecule has 1 aromatic carbocycles. The molecule has 0 unspecified atom stereocenters. The van der Waals surface area contributed by atoms with Crippen LogP contribution in [0.1, 0.15) is 53.1 Å². The van der Waals surface area contributed by atoms with Crippen LogP contribution in [0.15, 0.2) is 24.3 Å². The van der Waals surface area contributed by atoms with Gasteiger partial charge in [-0.3, -0.25) is 14.8 Å². The van der Waals surface area contributed by atoms with E-state index < -0.39 is 11.5 Å². The third kappa shape index (κ3) is 4.46. The van der Waals surface area contributed by atoms with E-state index in [1.165, 1.54) is 11.1 Å². The van der Waals surface area contributed by atoms with Crippen molar-refractivity contribution in [1.29, 1.82) is 0 Å². The fraction of sp³-hybridized carbons (Fsp3) is 0.474. The Bertz CT molecular complexity index is 744. The van der Waals surface area contributed by atoms with Crippen molar-refractivity contribution < 1.29 is 9.90 Å². The van der Waals surface area contributed by atoms with Gasteiger partial charge in [0.1, 0.15) is 0 Å². The number of rotatable bonds is 6. The second-order valence-corrected chi connectivity index (χ2v) is 7.48. The van der Waals surface area contributed by atoms with E-state index in [1.807, 2.05) is 13.8 Å².